The molecule has 0 aromatic carbocycles. The zero-order valence-corrected chi connectivity index (χ0v) is 10.4. The fraction of sp³-hybridized carbons (Fsp3) is 0.143. The van der Waals surface area contributed by atoms with Gasteiger partial charge in [0.1, 0.15) is 11.0 Å². The Balaban J connectivity index is 3.69. The summed E-state index contributed by atoms with van der Waals surface area (Å²) in [6, 6.07) is 1.54. The Morgan fingerprint density at radius 1 is 1.56 bits per heavy atom. The maximum atomic E-state index is 12.6. The third-order valence-electron chi connectivity index (χ3n) is 1.61. The van der Waals surface area contributed by atoms with E-state index in [1.165, 1.54) is 6.07 Å². The third kappa shape index (κ3) is 2.48. The third-order valence-corrected chi connectivity index (χ3v) is 3.76. The van der Waals surface area contributed by atoms with Crippen LogP contribution in [0.15, 0.2) is 15.6 Å². The van der Waals surface area contributed by atoms with Crippen LogP contribution in [0.5, 0.6) is 0 Å². The predicted molar refractivity (Wildman–Crippen MR) is 54.6 cm³/mol. The molecule has 0 spiro atoms. The lowest BCUT2D eigenvalue weighted by Gasteiger charge is -2.08. The van der Waals surface area contributed by atoms with E-state index in [4.69, 9.17) is 15.9 Å². The second-order valence-electron chi connectivity index (χ2n) is 2.55. The van der Waals surface area contributed by atoms with E-state index in [0.29, 0.717) is 6.20 Å². The van der Waals surface area contributed by atoms with Crippen molar-refractivity contribution in [1.29, 1.82) is 5.26 Å². The molecule has 0 N–H and O–H groups in total. The largest absolute Gasteiger partial charge is 0.266 e. The summed E-state index contributed by atoms with van der Waals surface area (Å²) in [5.41, 5.74) is -1.19. The highest BCUT2D eigenvalue weighted by Crippen LogP contribution is 2.35. The number of rotatable bonds is 2. The van der Waals surface area contributed by atoms with Gasteiger partial charge in [-0.2, -0.15) is 5.26 Å². The van der Waals surface area contributed by atoms with Crippen molar-refractivity contribution in [2.24, 2.45) is 0 Å². The van der Waals surface area contributed by atoms with Crippen molar-refractivity contribution in [2.75, 3.05) is 0 Å². The zero-order chi connectivity index (χ0) is 12.5. The maximum Gasteiger partial charge on any atom is 0.266 e. The first kappa shape index (κ1) is 13.3. The smallest absolute Gasteiger partial charge is 0.243 e. The highest BCUT2D eigenvalue weighted by atomic mass is 79.9. The molecule has 86 valence electrons. The van der Waals surface area contributed by atoms with Crippen molar-refractivity contribution in [1.82, 2.24) is 4.98 Å². The summed E-state index contributed by atoms with van der Waals surface area (Å²) in [4.78, 5) is 2.59. The molecule has 9 heteroatoms. The molecule has 1 heterocycles. The van der Waals surface area contributed by atoms with E-state index < -0.39 is 25.9 Å². The van der Waals surface area contributed by atoms with Crippen LogP contribution in [0.3, 0.4) is 0 Å². The molecule has 0 atom stereocenters. The Morgan fingerprint density at radius 3 is 2.50 bits per heavy atom. The fourth-order valence-electron chi connectivity index (χ4n) is 0.961. The van der Waals surface area contributed by atoms with Gasteiger partial charge in [-0.3, -0.25) is 0 Å². The van der Waals surface area contributed by atoms with Crippen molar-refractivity contribution in [3.05, 3.63) is 21.9 Å². The second kappa shape index (κ2) is 4.61. The Morgan fingerprint density at radius 2 is 2.12 bits per heavy atom. The van der Waals surface area contributed by atoms with Gasteiger partial charge in [0.2, 0.25) is 0 Å². The summed E-state index contributed by atoms with van der Waals surface area (Å²) in [5.74, 6) is 0. The maximum absolute atomic E-state index is 12.6. The van der Waals surface area contributed by atoms with Crippen LogP contribution in [0.2, 0.25) is 0 Å². The Bertz CT molecular complexity index is 570. The van der Waals surface area contributed by atoms with Gasteiger partial charge in [0.15, 0.2) is 5.69 Å². The molecular weight excluding hydrogens is 330 g/mol. The number of hydrogen-bond donors (Lipinski definition) is 0. The minimum atomic E-state index is -4.34. The molecule has 0 saturated carbocycles. The lowest BCUT2D eigenvalue weighted by molar-refractivity contribution is 0.147. The number of alkyl halides is 2. The van der Waals surface area contributed by atoms with Crippen molar-refractivity contribution in [2.45, 2.75) is 11.3 Å². The van der Waals surface area contributed by atoms with Crippen molar-refractivity contribution >= 4 is 35.7 Å². The van der Waals surface area contributed by atoms with Crippen LogP contribution in [0.25, 0.3) is 0 Å². The van der Waals surface area contributed by atoms with Crippen LogP contribution in [-0.4, -0.2) is 13.4 Å². The minimum absolute atomic E-state index is 0.334. The molecule has 1 rings (SSSR count). The molecule has 4 nitrogen and oxygen atoms in total. The minimum Gasteiger partial charge on any atom is -0.243 e. The van der Waals surface area contributed by atoms with Gasteiger partial charge < -0.3 is 0 Å². The Kier molecular flexibility index (Phi) is 3.83. The number of pyridine rings is 1. The molecular formula is C7H2BrClF2N2O2S. The molecule has 1 aromatic rings. The molecule has 0 fully saturated rings. The molecule has 0 saturated heterocycles. The number of nitriles is 1. The lowest BCUT2D eigenvalue weighted by Crippen LogP contribution is -2.03. The lowest BCUT2D eigenvalue weighted by atomic mass is 10.2. The highest BCUT2D eigenvalue weighted by molar-refractivity contribution is 9.10. The van der Waals surface area contributed by atoms with Gasteiger partial charge in [0, 0.05) is 16.9 Å². The molecule has 16 heavy (non-hydrogen) atoms. The van der Waals surface area contributed by atoms with Crippen molar-refractivity contribution in [3.8, 4) is 6.07 Å². The Hall–Kier alpha value is -0.780. The molecule has 0 aliphatic carbocycles. The highest BCUT2D eigenvalue weighted by Gasteiger charge is 2.27. The molecule has 0 aliphatic rings. The van der Waals surface area contributed by atoms with Crippen LogP contribution < -0.4 is 0 Å². The van der Waals surface area contributed by atoms with Crippen LogP contribution in [0.4, 0.5) is 8.78 Å². The molecule has 0 aliphatic heterocycles. The van der Waals surface area contributed by atoms with E-state index in [1.54, 1.807) is 0 Å². The number of aromatic nitrogens is 1. The molecule has 0 amide bonds. The molecule has 0 bridgehead atoms. The second-order valence-corrected chi connectivity index (χ2v) is 5.88. The fourth-order valence-corrected chi connectivity index (χ4v) is 2.67. The standard InChI is InChI=1S/C7H2BrClF2N2O2S/c8-6-3(1-12)13-2-4(16(9,14)15)5(6)7(10)11/h2,7H. The molecule has 0 unspecified atom stereocenters. The average molecular weight is 332 g/mol. The Labute approximate surface area is 102 Å². The van der Waals surface area contributed by atoms with Gasteiger partial charge in [0.25, 0.3) is 15.5 Å². The van der Waals surface area contributed by atoms with Crippen LogP contribution in [0, 0.1) is 11.3 Å². The van der Waals surface area contributed by atoms with E-state index in [-0.39, 0.29) is 10.2 Å². The SMILES string of the molecule is N#Cc1ncc(S(=O)(=O)Cl)c(C(F)F)c1Br. The van der Waals surface area contributed by atoms with Crippen LogP contribution in [0.1, 0.15) is 17.7 Å². The number of hydrogen-bond acceptors (Lipinski definition) is 4. The van der Waals surface area contributed by atoms with Crippen molar-refractivity contribution < 1.29 is 17.2 Å². The van der Waals surface area contributed by atoms with Gasteiger partial charge in [-0.15, -0.1) is 0 Å². The monoisotopic (exact) mass is 330 g/mol. The quantitative estimate of drug-likeness (QED) is 0.781. The molecule has 0 radical (unpaired) electrons. The van der Waals surface area contributed by atoms with Crippen LogP contribution >= 0.6 is 26.6 Å². The number of halogens is 4. The van der Waals surface area contributed by atoms with Gasteiger partial charge in [-0.05, 0) is 15.9 Å². The van der Waals surface area contributed by atoms with E-state index in [0.717, 1.165) is 0 Å². The van der Waals surface area contributed by atoms with Gasteiger partial charge >= 0.3 is 0 Å². The number of nitrogens with zero attached hydrogens (tertiary/aromatic N) is 2. The topological polar surface area (TPSA) is 70.8 Å². The van der Waals surface area contributed by atoms with Gasteiger partial charge in [-0.25, -0.2) is 22.2 Å². The van der Waals surface area contributed by atoms with E-state index in [1.807, 2.05) is 0 Å². The summed E-state index contributed by atoms with van der Waals surface area (Å²) < 4.78 is 46.9. The van der Waals surface area contributed by atoms with Crippen LogP contribution in [-0.2, 0) is 9.05 Å². The first-order valence-electron chi connectivity index (χ1n) is 3.60. The first-order valence-corrected chi connectivity index (χ1v) is 6.70. The van der Waals surface area contributed by atoms with Gasteiger partial charge in [-0.1, -0.05) is 0 Å². The van der Waals surface area contributed by atoms with E-state index in [9.17, 15) is 17.2 Å². The summed E-state index contributed by atoms with van der Waals surface area (Å²) in [5, 5.41) is 8.55. The summed E-state index contributed by atoms with van der Waals surface area (Å²) >= 11 is 2.70. The predicted octanol–water partition coefficient (Wildman–Crippen LogP) is 2.58. The summed E-state index contributed by atoms with van der Waals surface area (Å²) in [6.45, 7) is 0. The van der Waals surface area contributed by atoms with E-state index in [2.05, 4.69) is 20.9 Å². The first-order chi connectivity index (χ1) is 7.29. The summed E-state index contributed by atoms with van der Waals surface area (Å²) in [6.07, 6.45) is -2.46. The normalized spacial score (nSPS) is 11.5. The van der Waals surface area contributed by atoms with Gasteiger partial charge in [0.05, 0.1) is 10.0 Å². The van der Waals surface area contributed by atoms with E-state index >= 15 is 0 Å². The van der Waals surface area contributed by atoms with Crippen molar-refractivity contribution in [3.63, 3.8) is 0 Å². The zero-order valence-electron chi connectivity index (χ0n) is 7.29. The summed E-state index contributed by atoms with van der Waals surface area (Å²) in [7, 11) is 0.635. The average Bonchev–Trinajstić information content (AvgIpc) is 2.15. The molecule has 1 aromatic heterocycles.